The van der Waals surface area contributed by atoms with Gasteiger partial charge in [0.05, 0.1) is 19.8 Å². The van der Waals surface area contributed by atoms with Crippen molar-refractivity contribution in [3.05, 3.63) is 59.7 Å². The third-order valence-electron chi connectivity index (χ3n) is 7.29. The van der Waals surface area contributed by atoms with Crippen LogP contribution in [0.1, 0.15) is 17.5 Å². The van der Waals surface area contributed by atoms with Crippen LogP contribution in [0.2, 0.25) is 0 Å². The lowest BCUT2D eigenvalue weighted by Gasteiger charge is -2.42. The van der Waals surface area contributed by atoms with Gasteiger partial charge in [-0.3, -0.25) is 9.59 Å². The molecule has 4 atom stereocenters. The van der Waals surface area contributed by atoms with Gasteiger partial charge in [0.2, 0.25) is 5.54 Å². The third-order valence-corrected chi connectivity index (χ3v) is 7.29. The number of likely N-dealkylation sites (tertiary alicyclic amines) is 1. The molecular weight excluding hydrogens is 492 g/mol. The van der Waals surface area contributed by atoms with Crippen LogP contribution in [0.15, 0.2) is 48.5 Å². The van der Waals surface area contributed by atoms with E-state index in [9.17, 15) is 24.6 Å². The second-order valence-electron chi connectivity index (χ2n) is 9.39. The lowest BCUT2D eigenvalue weighted by molar-refractivity contribution is -0.127. The normalized spacial score (nSPS) is 26.1. The molecule has 2 heterocycles. The average Bonchev–Trinajstić information content (AvgIpc) is 3.30. The van der Waals surface area contributed by atoms with Crippen LogP contribution in [0, 0.1) is 12.3 Å². The van der Waals surface area contributed by atoms with Gasteiger partial charge in [-0.25, -0.2) is 4.79 Å². The Morgan fingerprint density at radius 3 is 2.45 bits per heavy atom. The molecule has 0 saturated carbocycles. The second kappa shape index (κ2) is 10.9. The van der Waals surface area contributed by atoms with Gasteiger partial charge in [-0.2, -0.15) is 4.48 Å². The van der Waals surface area contributed by atoms with Gasteiger partial charge in [-0.05, 0) is 24.3 Å². The van der Waals surface area contributed by atoms with Gasteiger partial charge < -0.3 is 36.1 Å². The summed E-state index contributed by atoms with van der Waals surface area (Å²) in [4.78, 5) is 40.8. The average molecular weight is 524 g/mol. The molecule has 0 spiro atoms. The van der Waals surface area contributed by atoms with Gasteiger partial charge in [0.15, 0.2) is 0 Å². The Bertz CT molecular complexity index is 1240. The summed E-state index contributed by atoms with van der Waals surface area (Å²) in [6.45, 7) is -0.0456. The molecule has 2 fully saturated rings. The smallest absolute Gasteiger partial charge is 0.394 e. The summed E-state index contributed by atoms with van der Waals surface area (Å²) in [5.74, 6) is 1.52. The molecule has 0 bridgehead atoms. The van der Waals surface area contributed by atoms with Crippen molar-refractivity contribution in [1.29, 1.82) is 0 Å². The first-order valence-corrected chi connectivity index (χ1v) is 12.1. The Kier molecular flexibility index (Phi) is 7.82. The Morgan fingerprint density at radius 1 is 1.21 bits per heavy atom. The number of quaternary nitrogens is 1. The number of morpholine rings is 1. The summed E-state index contributed by atoms with van der Waals surface area (Å²) in [7, 11) is 0. The fourth-order valence-electron chi connectivity index (χ4n) is 5.44. The Hall–Kier alpha value is -3.79. The number of amides is 4. The minimum atomic E-state index is -1.69. The van der Waals surface area contributed by atoms with Crippen LogP contribution in [-0.4, -0.2) is 79.8 Å². The quantitative estimate of drug-likeness (QED) is 0.278. The van der Waals surface area contributed by atoms with Crippen molar-refractivity contribution in [3.63, 3.8) is 0 Å². The monoisotopic (exact) mass is 523 g/mol. The minimum absolute atomic E-state index is 0.0268. The van der Waals surface area contributed by atoms with Gasteiger partial charge in [-0.1, -0.05) is 18.1 Å². The molecule has 6 N–H and O–H groups in total. The van der Waals surface area contributed by atoms with Crippen molar-refractivity contribution in [1.82, 2.24) is 4.48 Å². The lowest BCUT2D eigenvalue weighted by atomic mass is 9.83. The number of carbonyl (C=O) groups excluding carboxylic acids is 3. The van der Waals surface area contributed by atoms with E-state index in [1.807, 2.05) is 0 Å². The molecule has 4 rings (SSSR count). The number of rotatable bonds is 8. The first-order chi connectivity index (χ1) is 18.2. The highest BCUT2D eigenvalue weighted by atomic mass is 16.5. The molecule has 2 aliphatic rings. The number of carbonyl (C=O) groups is 3. The number of ether oxygens (including phenoxy) is 2. The van der Waals surface area contributed by atoms with E-state index in [1.165, 1.54) is 0 Å². The highest BCUT2D eigenvalue weighted by Crippen LogP contribution is 2.50. The number of aliphatic hydroxyl groups excluding tert-OH is 2. The van der Waals surface area contributed by atoms with E-state index in [4.69, 9.17) is 27.4 Å². The summed E-state index contributed by atoms with van der Waals surface area (Å²) in [5, 5.41) is 19.1. The second-order valence-corrected chi connectivity index (χ2v) is 9.39. The van der Waals surface area contributed by atoms with Crippen LogP contribution in [0.25, 0.3) is 0 Å². The summed E-state index contributed by atoms with van der Waals surface area (Å²) in [5.41, 5.74) is 12.4. The minimum Gasteiger partial charge on any atom is -0.394 e. The predicted molar refractivity (Wildman–Crippen MR) is 139 cm³/mol. The number of anilines is 1. The predicted octanol–water partition coefficient (Wildman–Crippen LogP) is -0.0600. The van der Waals surface area contributed by atoms with E-state index in [2.05, 4.69) is 5.92 Å². The zero-order chi connectivity index (χ0) is 27.5. The van der Waals surface area contributed by atoms with Gasteiger partial charge in [-0.15, -0.1) is 6.42 Å². The number of terminal acetylenes is 1. The van der Waals surface area contributed by atoms with E-state index in [0.29, 0.717) is 35.7 Å². The van der Waals surface area contributed by atoms with E-state index < -0.39 is 40.8 Å². The van der Waals surface area contributed by atoms with Crippen molar-refractivity contribution in [2.75, 3.05) is 44.4 Å². The number of primary amides is 2. The van der Waals surface area contributed by atoms with Crippen LogP contribution < -0.4 is 20.9 Å². The summed E-state index contributed by atoms with van der Waals surface area (Å²) in [6, 6.07) is 12.4. The molecule has 0 aliphatic carbocycles. The standard InChI is InChI=1S/C27H30N4O7/c1-2-18-3-9-21(10-4-18)31(26(29)36)14-23(38-16-22(33)15-32)13-27(31,25(28)35)19-5-7-20(8-6-19)30-11-12-37-17-24(30)34/h1,3-10,22-23,32-33H,11-17H2,(H3-,28,29,35,36)/p+1/t22?,23-,27-,31?/m1/s1. The van der Waals surface area contributed by atoms with Crippen LogP contribution >= 0.6 is 0 Å². The highest BCUT2D eigenvalue weighted by molar-refractivity contribution is 6.00. The van der Waals surface area contributed by atoms with Crippen molar-refractivity contribution >= 4 is 29.2 Å². The molecule has 200 valence electrons. The molecule has 38 heavy (non-hydrogen) atoms. The molecule has 2 aromatic rings. The Labute approximate surface area is 220 Å². The fourth-order valence-corrected chi connectivity index (χ4v) is 5.44. The van der Waals surface area contributed by atoms with Crippen molar-refractivity contribution in [2.45, 2.75) is 24.2 Å². The molecule has 0 aromatic heterocycles. The first kappa shape index (κ1) is 27.3. The molecule has 2 unspecified atom stereocenters. The number of nitrogens with zero attached hydrogens (tertiary/aromatic N) is 2. The zero-order valence-electron chi connectivity index (χ0n) is 20.8. The number of benzene rings is 2. The van der Waals surface area contributed by atoms with Crippen LogP contribution in [-0.2, 0) is 24.6 Å². The van der Waals surface area contributed by atoms with Gasteiger partial charge in [0, 0.05) is 41.9 Å². The van der Waals surface area contributed by atoms with Crippen molar-refractivity contribution < 1.29 is 34.1 Å². The molecule has 0 radical (unpaired) electrons. The number of aliphatic hydroxyl groups is 2. The van der Waals surface area contributed by atoms with Crippen molar-refractivity contribution in [3.8, 4) is 12.3 Å². The summed E-state index contributed by atoms with van der Waals surface area (Å²) >= 11 is 0. The molecule has 11 nitrogen and oxygen atoms in total. The van der Waals surface area contributed by atoms with E-state index in [-0.39, 0.29) is 32.1 Å². The summed E-state index contributed by atoms with van der Waals surface area (Å²) in [6.07, 6.45) is 3.60. The van der Waals surface area contributed by atoms with Crippen LogP contribution in [0.3, 0.4) is 0 Å². The highest BCUT2D eigenvalue weighted by Gasteiger charge is 2.68. The zero-order valence-corrected chi connectivity index (χ0v) is 20.8. The lowest BCUT2D eigenvalue weighted by Crippen LogP contribution is -2.70. The molecule has 4 amide bonds. The van der Waals surface area contributed by atoms with E-state index in [1.54, 1.807) is 53.4 Å². The van der Waals surface area contributed by atoms with E-state index in [0.717, 1.165) is 0 Å². The Morgan fingerprint density at radius 2 is 1.89 bits per heavy atom. The maximum Gasteiger partial charge on any atom is 0.420 e. The largest absolute Gasteiger partial charge is 0.420 e. The van der Waals surface area contributed by atoms with Crippen LogP contribution in [0.4, 0.5) is 16.2 Å². The number of hydrogen-bond donors (Lipinski definition) is 4. The topological polar surface area (TPSA) is 165 Å². The molecule has 2 aromatic carbocycles. The van der Waals surface area contributed by atoms with Gasteiger partial charge in [0.1, 0.15) is 31.0 Å². The van der Waals surface area contributed by atoms with E-state index >= 15 is 0 Å². The third kappa shape index (κ3) is 4.53. The maximum atomic E-state index is 13.5. The maximum absolute atomic E-state index is 13.5. The fraction of sp³-hybridized carbons (Fsp3) is 0.370. The van der Waals surface area contributed by atoms with Gasteiger partial charge >= 0.3 is 6.03 Å². The first-order valence-electron chi connectivity index (χ1n) is 12.1. The number of hydrogen-bond acceptors (Lipinski definition) is 7. The molecule has 11 heteroatoms. The summed E-state index contributed by atoms with van der Waals surface area (Å²) < 4.78 is 10.4. The molecule has 2 aliphatic heterocycles. The SMILES string of the molecule is C#Cc1ccc([N+]2(C(N)=O)C[C@H](OCC(O)CO)C[C@]2(C(N)=O)c2ccc(N3CCOCC3=O)cc2)cc1. The van der Waals surface area contributed by atoms with Crippen LogP contribution in [0.5, 0.6) is 0 Å². The van der Waals surface area contributed by atoms with Crippen molar-refractivity contribution in [2.24, 2.45) is 11.5 Å². The Balaban J connectivity index is 1.85. The number of urea groups is 1. The molecule has 2 saturated heterocycles. The molecular formula is C27H31N4O7+. The number of nitrogens with two attached hydrogens (primary N) is 2. The van der Waals surface area contributed by atoms with Gasteiger partial charge in [0.25, 0.3) is 11.8 Å².